The quantitative estimate of drug-likeness (QED) is 0.912. The van der Waals surface area contributed by atoms with E-state index >= 15 is 0 Å². The molecule has 0 saturated heterocycles. The molecule has 0 aliphatic carbocycles. The molecule has 0 amide bonds. The van der Waals surface area contributed by atoms with Crippen LogP contribution in [0.4, 0.5) is 8.78 Å². The summed E-state index contributed by atoms with van der Waals surface area (Å²) in [5.41, 5.74) is 6.80. The predicted molar refractivity (Wildman–Crippen MR) is 71.1 cm³/mol. The fraction of sp³-hybridized carbons (Fsp3) is 0.143. The van der Waals surface area contributed by atoms with Crippen LogP contribution in [0.3, 0.4) is 0 Å². The fourth-order valence-electron chi connectivity index (χ4n) is 1.81. The van der Waals surface area contributed by atoms with Gasteiger partial charge in [-0.25, -0.2) is 8.78 Å². The monoisotopic (exact) mass is 311 g/mol. The molecule has 2 aromatic carbocycles. The average Bonchev–Trinajstić information content (AvgIpc) is 2.33. The number of hydrogen-bond acceptors (Lipinski definition) is 1. The van der Waals surface area contributed by atoms with Gasteiger partial charge in [-0.1, -0.05) is 40.2 Å². The summed E-state index contributed by atoms with van der Waals surface area (Å²) in [6.07, 6.45) is 0.264. The van der Waals surface area contributed by atoms with E-state index in [1.165, 1.54) is 12.1 Å². The first-order chi connectivity index (χ1) is 8.58. The van der Waals surface area contributed by atoms with Gasteiger partial charge in [-0.05, 0) is 30.2 Å². The molecule has 1 atom stereocenters. The van der Waals surface area contributed by atoms with E-state index in [-0.39, 0.29) is 18.1 Å². The van der Waals surface area contributed by atoms with Crippen molar-refractivity contribution < 1.29 is 8.78 Å². The molecule has 0 saturated carbocycles. The Kier molecular flexibility index (Phi) is 4.09. The number of rotatable bonds is 3. The zero-order valence-corrected chi connectivity index (χ0v) is 11.1. The van der Waals surface area contributed by atoms with Crippen LogP contribution in [0.2, 0.25) is 0 Å². The summed E-state index contributed by atoms with van der Waals surface area (Å²) in [6, 6.07) is 10.5. The standard InChI is InChI=1S/C14H12BrF2N/c15-10-6-5-9(13(17)8-10)7-14(18)11-3-1-2-4-12(11)16/h1-6,8,14H,7,18H2. The minimum absolute atomic E-state index is 0.264. The van der Waals surface area contributed by atoms with Crippen molar-refractivity contribution in [2.24, 2.45) is 5.73 Å². The lowest BCUT2D eigenvalue weighted by atomic mass is 9.99. The van der Waals surface area contributed by atoms with E-state index in [2.05, 4.69) is 15.9 Å². The van der Waals surface area contributed by atoms with Crippen LogP contribution in [0.5, 0.6) is 0 Å². The first-order valence-electron chi connectivity index (χ1n) is 5.52. The Morgan fingerprint density at radius 1 is 1.06 bits per heavy atom. The third-order valence-corrected chi connectivity index (χ3v) is 3.25. The Hall–Kier alpha value is -1.26. The zero-order chi connectivity index (χ0) is 13.1. The number of nitrogens with two attached hydrogens (primary N) is 1. The Balaban J connectivity index is 2.21. The van der Waals surface area contributed by atoms with Crippen LogP contribution in [-0.4, -0.2) is 0 Å². The summed E-state index contributed by atoms with van der Waals surface area (Å²) in [4.78, 5) is 0. The van der Waals surface area contributed by atoms with Crippen molar-refractivity contribution in [3.05, 3.63) is 69.7 Å². The van der Waals surface area contributed by atoms with Crippen LogP contribution in [0.15, 0.2) is 46.9 Å². The van der Waals surface area contributed by atoms with E-state index in [1.54, 1.807) is 30.3 Å². The summed E-state index contributed by atoms with van der Waals surface area (Å²) in [5, 5.41) is 0. The summed E-state index contributed by atoms with van der Waals surface area (Å²) >= 11 is 3.19. The maximum Gasteiger partial charge on any atom is 0.127 e. The molecule has 0 aliphatic rings. The smallest absolute Gasteiger partial charge is 0.127 e. The van der Waals surface area contributed by atoms with Gasteiger partial charge in [-0.15, -0.1) is 0 Å². The minimum Gasteiger partial charge on any atom is -0.324 e. The highest BCUT2D eigenvalue weighted by Crippen LogP contribution is 2.22. The Morgan fingerprint density at radius 3 is 2.44 bits per heavy atom. The number of halogens is 3. The van der Waals surface area contributed by atoms with E-state index in [0.29, 0.717) is 15.6 Å². The molecule has 0 fully saturated rings. The van der Waals surface area contributed by atoms with Crippen LogP contribution in [0.1, 0.15) is 17.2 Å². The largest absolute Gasteiger partial charge is 0.324 e. The van der Waals surface area contributed by atoms with Crippen molar-refractivity contribution in [3.63, 3.8) is 0 Å². The first kappa shape index (κ1) is 13.2. The minimum atomic E-state index is -0.554. The third-order valence-electron chi connectivity index (χ3n) is 2.76. The summed E-state index contributed by atoms with van der Waals surface area (Å²) < 4.78 is 27.8. The average molecular weight is 312 g/mol. The van der Waals surface area contributed by atoms with Gasteiger partial charge in [0.05, 0.1) is 0 Å². The van der Waals surface area contributed by atoms with Crippen LogP contribution in [0, 0.1) is 11.6 Å². The summed E-state index contributed by atoms with van der Waals surface area (Å²) in [6.45, 7) is 0. The number of benzene rings is 2. The zero-order valence-electron chi connectivity index (χ0n) is 9.54. The van der Waals surface area contributed by atoms with Gasteiger partial charge >= 0.3 is 0 Å². The van der Waals surface area contributed by atoms with Gasteiger partial charge in [0.1, 0.15) is 11.6 Å². The molecule has 0 radical (unpaired) electrons. The molecule has 2 rings (SSSR count). The normalized spacial score (nSPS) is 12.4. The van der Waals surface area contributed by atoms with Crippen LogP contribution in [-0.2, 0) is 6.42 Å². The maximum atomic E-state index is 13.6. The summed E-state index contributed by atoms with van der Waals surface area (Å²) in [5.74, 6) is -0.696. The molecular weight excluding hydrogens is 300 g/mol. The van der Waals surface area contributed by atoms with Gasteiger partial charge in [0.2, 0.25) is 0 Å². The van der Waals surface area contributed by atoms with Gasteiger partial charge in [-0.3, -0.25) is 0 Å². The van der Waals surface area contributed by atoms with E-state index in [1.807, 2.05) is 0 Å². The van der Waals surface area contributed by atoms with Crippen molar-refractivity contribution in [2.45, 2.75) is 12.5 Å². The second-order valence-electron chi connectivity index (χ2n) is 4.07. The molecule has 0 bridgehead atoms. The van der Waals surface area contributed by atoms with Gasteiger partial charge in [0.25, 0.3) is 0 Å². The van der Waals surface area contributed by atoms with E-state index < -0.39 is 6.04 Å². The molecule has 1 nitrogen and oxygen atoms in total. The molecule has 0 heterocycles. The molecule has 4 heteroatoms. The Bertz CT molecular complexity index is 557. The molecule has 18 heavy (non-hydrogen) atoms. The van der Waals surface area contributed by atoms with Gasteiger partial charge in [0.15, 0.2) is 0 Å². The fourth-order valence-corrected chi connectivity index (χ4v) is 2.14. The highest BCUT2D eigenvalue weighted by atomic mass is 79.9. The molecule has 2 N–H and O–H groups in total. The van der Waals surface area contributed by atoms with E-state index in [0.717, 1.165) is 0 Å². The highest BCUT2D eigenvalue weighted by Gasteiger charge is 2.13. The second-order valence-corrected chi connectivity index (χ2v) is 4.98. The number of hydrogen-bond donors (Lipinski definition) is 1. The van der Waals surface area contributed by atoms with Crippen molar-refractivity contribution in [1.82, 2.24) is 0 Å². The third kappa shape index (κ3) is 2.94. The highest BCUT2D eigenvalue weighted by molar-refractivity contribution is 9.10. The molecule has 0 aliphatic heterocycles. The van der Waals surface area contributed by atoms with E-state index in [4.69, 9.17) is 5.73 Å². The Labute approximate surface area is 113 Å². The molecule has 0 spiro atoms. The van der Waals surface area contributed by atoms with Crippen molar-refractivity contribution in [2.75, 3.05) is 0 Å². The van der Waals surface area contributed by atoms with Crippen LogP contribution < -0.4 is 5.73 Å². The lowest BCUT2D eigenvalue weighted by molar-refractivity contribution is 0.563. The van der Waals surface area contributed by atoms with Gasteiger partial charge < -0.3 is 5.73 Å². The van der Waals surface area contributed by atoms with Crippen LogP contribution >= 0.6 is 15.9 Å². The van der Waals surface area contributed by atoms with Crippen LogP contribution in [0.25, 0.3) is 0 Å². The Morgan fingerprint density at radius 2 is 1.78 bits per heavy atom. The summed E-state index contributed by atoms with van der Waals surface area (Å²) in [7, 11) is 0. The SMILES string of the molecule is NC(Cc1ccc(Br)cc1F)c1ccccc1F. The first-order valence-corrected chi connectivity index (χ1v) is 6.31. The lowest BCUT2D eigenvalue weighted by Gasteiger charge is -2.13. The lowest BCUT2D eigenvalue weighted by Crippen LogP contribution is -2.15. The topological polar surface area (TPSA) is 26.0 Å². The van der Waals surface area contributed by atoms with Crippen molar-refractivity contribution >= 4 is 15.9 Å². The molecule has 94 valence electrons. The predicted octanol–water partition coefficient (Wildman–Crippen LogP) is 3.97. The van der Waals surface area contributed by atoms with Crippen molar-refractivity contribution in [3.8, 4) is 0 Å². The molecule has 0 aromatic heterocycles. The van der Waals surface area contributed by atoms with Gasteiger partial charge in [0, 0.05) is 16.1 Å². The second kappa shape index (κ2) is 5.59. The van der Waals surface area contributed by atoms with Crippen molar-refractivity contribution in [1.29, 1.82) is 0 Å². The maximum absolute atomic E-state index is 13.6. The molecule has 1 unspecified atom stereocenters. The molecule has 2 aromatic rings. The molecular formula is C14H12BrF2N. The van der Waals surface area contributed by atoms with E-state index in [9.17, 15) is 8.78 Å². The van der Waals surface area contributed by atoms with Gasteiger partial charge in [-0.2, -0.15) is 0 Å².